The molecule has 23 heavy (non-hydrogen) atoms. The summed E-state index contributed by atoms with van der Waals surface area (Å²) in [6.07, 6.45) is 10.4. The maximum Gasteiger partial charge on any atom is 0.191 e. The largest absolute Gasteiger partial charge is 0.467 e. The Kier molecular flexibility index (Phi) is 8.01. The maximum atomic E-state index is 10.0. The molecule has 0 spiro atoms. The predicted molar refractivity (Wildman–Crippen MR) is 93.5 cm³/mol. The summed E-state index contributed by atoms with van der Waals surface area (Å²) in [5.74, 6) is 2.29. The number of aliphatic hydroxyl groups is 1. The second kappa shape index (κ2) is 10.3. The Balaban J connectivity index is 1.64. The molecule has 0 radical (unpaired) electrons. The van der Waals surface area contributed by atoms with Gasteiger partial charge < -0.3 is 20.2 Å². The van der Waals surface area contributed by atoms with Crippen molar-refractivity contribution in [3.63, 3.8) is 0 Å². The van der Waals surface area contributed by atoms with Crippen molar-refractivity contribution in [3.8, 4) is 0 Å². The third-order valence-electron chi connectivity index (χ3n) is 4.44. The van der Waals surface area contributed by atoms with Crippen molar-refractivity contribution in [1.29, 1.82) is 0 Å². The third kappa shape index (κ3) is 6.65. The Morgan fingerprint density at radius 1 is 1.35 bits per heavy atom. The van der Waals surface area contributed by atoms with Crippen LogP contribution in [0.4, 0.5) is 0 Å². The SMILES string of the molecule is CCNC(=NCC(O)c1ccco1)NCCCCC1CCCC1. The molecular formula is C18H31N3O2. The van der Waals surface area contributed by atoms with Gasteiger partial charge in [0.15, 0.2) is 5.96 Å². The van der Waals surface area contributed by atoms with E-state index in [2.05, 4.69) is 15.6 Å². The van der Waals surface area contributed by atoms with Crippen LogP contribution < -0.4 is 10.6 Å². The van der Waals surface area contributed by atoms with Crippen molar-refractivity contribution in [2.45, 2.75) is 58.0 Å². The summed E-state index contributed by atoms with van der Waals surface area (Å²) in [5.41, 5.74) is 0. The number of hydrogen-bond acceptors (Lipinski definition) is 3. The summed E-state index contributed by atoms with van der Waals surface area (Å²) in [5, 5.41) is 16.6. The zero-order valence-electron chi connectivity index (χ0n) is 14.3. The molecule has 0 saturated heterocycles. The quantitative estimate of drug-likeness (QED) is 0.371. The van der Waals surface area contributed by atoms with Crippen molar-refractivity contribution < 1.29 is 9.52 Å². The second-order valence-corrected chi connectivity index (χ2v) is 6.32. The topological polar surface area (TPSA) is 69.8 Å². The van der Waals surface area contributed by atoms with E-state index in [-0.39, 0.29) is 0 Å². The van der Waals surface area contributed by atoms with E-state index in [0.717, 1.165) is 25.0 Å². The van der Waals surface area contributed by atoms with Gasteiger partial charge in [-0.15, -0.1) is 0 Å². The summed E-state index contributed by atoms with van der Waals surface area (Å²) in [4.78, 5) is 4.43. The molecule has 1 aromatic heterocycles. The Morgan fingerprint density at radius 3 is 2.87 bits per heavy atom. The van der Waals surface area contributed by atoms with Gasteiger partial charge in [0.1, 0.15) is 11.9 Å². The zero-order valence-corrected chi connectivity index (χ0v) is 14.3. The smallest absolute Gasteiger partial charge is 0.191 e. The van der Waals surface area contributed by atoms with E-state index in [4.69, 9.17) is 4.42 Å². The minimum atomic E-state index is -0.692. The lowest BCUT2D eigenvalue weighted by Crippen LogP contribution is -2.38. The fourth-order valence-corrected chi connectivity index (χ4v) is 3.15. The summed E-state index contributed by atoms with van der Waals surface area (Å²) < 4.78 is 5.19. The number of unbranched alkanes of at least 4 members (excludes halogenated alkanes) is 1. The molecule has 5 nitrogen and oxygen atoms in total. The number of hydrogen-bond donors (Lipinski definition) is 3. The van der Waals surface area contributed by atoms with E-state index in [0.29, 0.717) is 12.3 Å². The number of furan rings is 1. The van der Waals surface area contributed by atoms with Crippen LogP contribution in [0.25, 0.3) is 0 Å². The third-order valence-corrected chi connectivity index (χ3v) is 4.44. The molecule has 5 heteroatoms. The lowest BCUT2D eigenvalue weighted by atomic mass is 10.0. The zero-order chi connectivity index (χ0) is 16.3. The molecule has 130 valence electrons. The lowest BCUT2D eigenvalue weighted by Gasteiger charge is -2.13. The number of nitrogens with zero attached hydrogens (tertiary/aromatic N) is 1. The van der Waals surface area contributed by atoms with E-state index in [9.17, 15) is 5.11 Å². The van der Waals surface area contributed by atoms with E-state index < -0.39 is 6.10 Å². The van der Waals surface area contributed by atoms with Crippen molar-refractivity contribution in [3.05, 3.63) is 24.2 Å². The summed E-state index contributed by atoms with van der Waals surface area (Å²) in [7, 11) is 0. The number of guanidine groups is 1. The summed E-state index contributed by atoms with van der Waals surface area (Å²) in [6.45, 7) is 4.07. The maximum absolute atomic E-state index is 10.0. The molecular weight excluding hydrogens is 290 g/mol. The molecule has 1 aliphatic carbocycles. The van der Waals surface area contributed by atoms with Crippen LogP contribution in [-0.4, -0.2) is 30.7 Å². The van der Waals surface area contributed by atoms with E-state index in [1.54, 1.807) is 18.4 Å². The highest BCUT2D eigenvalue weighted by molar-refractivity contribution is 5.79. The van der Waals surface area contributed by atoms with Crippen molar-refractivity contribution >= 4 is 5.96 Å². The normalized spacial score (nSPS) is 17.4. The van der Waals surface area contributed by atoms with Gasteiger partial charge in [0.05, 0.1) is 12.8 Å². The fourth-order valence-electron chi connectivity index (χ4n) is 3.15. The highest BCUT2D eigenvalue weighted by atomic mass is 16.4. The van der Waals surface area contributed by atoms with Gasteiger partial charge in [0.2, 0.25) is 0 Å². The standard InChI is InChI=1S/C18H31N3O2/c1-2-19-18(21-14-16(22)17-11-7-13-23-17)20-12-6-5-10-15-8-3-4-9-15/h7,11,13,15-16,22H,2-6,8-10,12,14H2,1H3,(H2,19,20,21). The first-order valence-corrected chi connectivity index (χ1v) is 9.03. The van der Waals surface area contributed by atoms with Crippen LogP contribution in [0, 0.1) is 5.92 Å². The van der Waals surface area contributed by atoms with Crippen LogP contribution in [-0.2, 0) is 0 Å². The van der Waals surface area contributed by atoms with Crippen LogP contribution in [0.2, 0.25) is 0 Å². The number of nitrogens with one attached hydrogen (secondary N) is 2. The summed E-state index contributed by atoms with van der Waals surface area (Å²) >= 11 is 0. The van der Waals surface area contributed by atoms with E-state index in [1.165, 1.54) is 44.9 Å². The van der Waals surface area contributed by atoms with Crippen molar-refractivity contribution in [1.82, 2.24) is 10.6 Å². The molecule has 0 aromatic carbocycles. The first-order valence-electron chi connectivity index (χ1n) is 9.03. The van der Waals surface area contributed by atoms with Gasteiger partial charge in [-0.25, -0.2) is 0 Å². The van der Waals surface area contributed by atoms with E-state index >= 15 is 0 Å². The van der Waals surface area contributed by atoms with Gasteiger partial charge in [0, 0.05) is 13.1 Å². The molecule has 0 amide bonds. The minimum absolute atomic E-state index is 0.297. The van der Waals surface area contributed by atoms with Gasteiger partial charge in [-0.1, -0.05) is 38.5 Å². The molecule has 1 atom stereocenters. The first-order chi connectivity index (χ1) is 11.3. The predicted octanol–water partition coefficient (Wildman–Crippen LogP) is 3.23. The van der Waals surface area contributed by atoms with Crippen LogP contribution in [0.5, 0.6) is 0 Å². The van der Waals surface area contributed by atoms with Crippen molar-refractivity contribution in [2.24, 2.45) is 10.9 Å². The van der Waals surface area contributed by atoms with Crippen LogP contribution in [0.15, 0.2) is 27.8 Å². The molecule has 0 bridgehead atoms. The Hall–Kier alpha value is -1.49. The van der Waals surface area contributed by atoms with Gasteiger partial charge in [0.25, 0.3) is 0 Å². The molecule has 3 N–H and O–H groups in total. The molecule has 1 aliphatic rings. The van der Waals surface area contributed by atoms with Crippen LogP contribution in [0.1, 0.15) is 63.7 Å². The van der Waals surface area contributed by atoms with Gasteiger partial charge in [-0.2, -0.15) is 0 Å². The minimum Gasteiger partial charge on any atom is -0.467 e. The van der Waals surface area contributed by atoms with Crippen LogP contribution >= 0.6 is 0 Å². The molecule has 1 fully saturated rings. The Bertz CT molecular complexity index is 439. The number of aliphatic hydroxyl groups excluding tert-OH is 1. The lowest BCUT2D eigenvalue weighted by molar-refractivity contribution is 0.158. The molecule has 0 aliphatic heterocycles. The Morgan fingerprint density at radius 2 is 2.17 bits per heavy atom. The second-order valence-electron chi connectivity index (χ2n) is 6.32. The number of rotatable bonds is 9. The fraction of sp³-hybridized carbons (Fsp3) is 0.722. The average Bonchev–Trinajstić information content (AvgIpc) is 3.25. The summed E-state index contributed by atoms with van der Waals surface area (Å²) in [6, 6.07) is 3.54. The number of aliphatic imine (C=N–C) groups is 1. The average molecular weight is 321 g/mol. The first kappa shape index (κ1) is 17.9. The van der Waals surface area contributed by atoms with Crippen LogP contribution in [0.3, 0.4) is 0 Å². The van der Waals surface area contributed by atoms with Gasteiger partial charge in [-0.05, 0) is 31.4 Å². The molecule has 2 rings (SSSR count). The monoisotopic (exact) mass is 321 g/mol. The van der Waals surface area contributed by atoms with Crippen molar-refractivity contribution in [2.75, 3.05) is 19.6 Å². The highest BCUT2D eigenvalue weighted by Crippen LogP contribution is 2.28. The van der Waals surface area contributed by atoms with Gasteiger partial charge in [-0.3, -0.25) is 4.99 Å². The Labute approximate surface area is 139 Å². The van der Waals surface area contributed by atoms with E-state index in [1.807, 2.05) is 6.92 Å². The molecule has 1 saturated carbocycles. The van der Waals surface area contributed by atoms with Gasteiger partial charge >= 0.3 is 0 Å². The molecule has 1 aromatic rings. The molecule has 1 heterocycles. The molecule has 1 unspecified atom stereocenters. The highest BCUT2D eigenvalue weighted by Gasteiger charge is 2.14.